The molecule has 0 bridgehead atoms. The molecule has 1 aliphatic rings. The lowest BCUT2D eigenvalue weighted by Gasteiger charge is -2.29. The van der Waals surface area contributed by atoms with Crippen LogP contribution >= 0.6 is 0 Å². The van der Waals surface area contributed by atoms with Crippen molar-refractivity contribution in [1.82, 2.24) is 14.6 Å². The highest BCUT2D eigenvalue weighted by Gasteiger charge is 2.24. The molecule has 1 atom stereocenters. The van der Waals surface area contributed by atoms with Gasteiger partial charge in [0.05, 0.1) is 12.7 Å². The van der Waals surface area contributed by atoms with Crippen LogP contribution in [0.1, 0.15) is 0 Å². The number of nitrogens with zero attached hydrogens (tertiary/aromatic N) is 2. The van der Waals surface area contributed by atoms with Crippen LogP contribution in [-0.2, 0) is 14.8 Å². The average Bonchev–Trinajstić information content (AvgIpc) is 2.37. The molecule has 1 aliphatic heterocycles. The minimum Gasteiger partial charge on any atom is -0.374 e. The third-order valence-corrected chi connectivity index (χ3v) is 4.18. The molecular formula is C11H16FN3O3S. The number of halogens is 1. The summed E-state index contributed by atoms with van der Waals surface area (Å²) in [6.07, 6.45) is 1.00. The van der Waals surface area contributed by atoms with E-state index in [-0.39, 0.29) is 12.6 Å². The summed E-state index contributed by atoms with van der Waals surface area (Å²) >= 11 is 0. The van der Waals surface area contributed by atoms with Gasteiger partial charge in [0.25, 0.3) is 10.0 Å². The molecule has 1 fully saturated rings. The molecule has 1 aromatic heterocycles. The van der Waals surface area contributed by atoms with Gasteiger partial charge in [-0.3, -0.25) is 0 Å². The van der Waals surface area contributed by atoms with Crippen molar-refractivity contribution in [2.75, 3.05) is 33.3 Å². The quantitative estimate of drug-likeness (QED) is 0.833. The van der Waals surface area contributed by atoms with Gasteiger partial charge in [-0.25, -0.2) is 22.5 Å². The minimum absolute atomic E-state index is 0.0999. The first-order valence-electron chi connectivity index (χ1n) is 5.89. The van der Waals surface area contributed by atoms with Crippen molar-refractivity contribution in [2.45, 2.75) is 11.1 Å². The molecule has 1 saturated heterocycles. The molecule has 8 heteroatoms. The number of aromatic nitrogens is 1. The molecule has 0 spiro atoms. The summed E-state index contributed by atoms with van der Waals surface area (Å²) in [4.78, 5) is 5.60. The summed E-state index contributed by atoms with van der Waals surface area (Å²) in [6.45, 7) is 2.11. The van der Waals surface area contributed by atoms with E-state index in [1.165, 1.54) is 12.3 Å². The second-order valence-electron chi connectivity index (χ2n) is 4.40. The van der Waals surface area contributed by atoms with Gasteiger partial charge in [-0.15, -0.1) is 0 Å². The van der Waals surface area contributed by atoms with Gasteiger partial charge in [-0.2, -0.15) is 0 Å². The molecular weight excluding hydrogens is 273 g/mol. The summed E-state index contributed by atoms with van der Waals surface area (Å²) in [5.41, 5.74) is 0. The third-order valence-electron chi connectivity index (χ3n) is 2.82. The summed E-state index contributed by atoms with van der Waals surface area (Å²) in [5.74, 6) is -0.864. The molecule has 6 nitrogen and oxygen atoms in total. The maximum absolute atomic E-state index is 13.4. The minimum atomic E-state index is -3.94. The fourth-order valence-corrected chi connectivity index (χ4v) is 2.90. The van der Waals surface area contributed by atoms with Gasteiger partial charge < -0.3 is 9.64 Å². The first-order valence-corrected chi connectivity index (χ1v) is 7.37. The van der Waals surface area contributed by atoms with E-state index in [9.17, 15) is 12.8 Å². The normalized spacial score (nSPS) is 21.5. The van der Waals surface area contributed by atoms with E-state index >= 15 is 0 Å². The van der Waals surface area contributed by atoms with E-state index in [2.05, 4.69) is 9.71 Å². The smallest absolute Gasteiger partial charge is 0.261 e. The van der Waals surface area contributed by atoms with Gasteiger partial charge in [0.2, 0.25) is 5.03 Å². The van der Waals surface area contributed by atoms with E-state index in [0.717, 1.165) is 12.6 Å². The number of nitrogens with one attached hydrogen (secondary N) is 1. The van der Waals surface area contributed by atoms with Crippen LogP contribution in [0.2, 0.25) is 0 Å². The third kappa shape index (κ3) is 3.69. The average molecular weight is 289 g/mol. The lowest BCUT2D eigenvalue weighted by atomic mass is 10.3. The highest BCUT2D eigenvalue weighted by molar-refractivity contribution is 7.89. The maximum atomic E-state index is 13.4. The Bertz CT molecular complexity index is 538. The zero-order chi connectivity index (χ0) is 13.9. The predicted octanol–water partition coefficient (Wildman–Crippen LogP) is -0.170. The fraction of sp³-hybridized carbons (Fsp3) is 0.545. The van der Waals surface area contributed by atoms with Crippen LogP contribution in [0.5, 0.6) is 0 Å². The molecule has 0 amide bonds. The van der Waals surface area contributed by atoms with Crippen molar-refractivity contribution in [1.29, 1.82) is 0 Å². The Morgan fingerprint density at radius 2 is 2.42 bits per heavy atom. The zero-order valence-electron chi connectivity index (χ0n) is 10.5. The second kappa shape index (κ2) is 5.91. The number of ether oxygens (including phenoxy) is 1. The van der Waals surface area contributed by atoms with Crippen molar-refractivity contribution in [2.24, 2.45) is 0 Å². The van der Waals surface area contributed by atoms with E-state index in [4.69, 9.17) is 4.74 Å². The molecule has 0 saturated carbocycles. The second-order valence-corrected chi connectivity index (χ2v) is 6.08. The topological polar surface area (TPSA) is 71.5 Å². The number of hydrogen-bond acceptors (Lipinski definition) is 5. The first kappa shape index (κ1) is 14.3. The lowest BCUT2D eigenvalue weighted by molar-refractivity contribution is -0.0156. The number of morpholine rings is 1. The van der Waals surface area contributed by atoms with Crippen LogP contribution in [0.3, 0.4) is 0 Å². The van der Waals surface area contributed by atoms with Gasteiger partial charge in [-0.05, 0) is 19.2 Å². The molecule has 2 rings (SSSR count). The van der Waals surface area contributed by atoms with E-state index < -0.39 is 20.9 Å². The van der Waals surface area contributed by atoms with Gasteiger partial charge in [0.15, 0.2) is 5.82 Å². The number of hydrogen-bond donors (Lipinski definition) is 1. The van der Waals surface area contributed by atoms with Gasteiger partial charge >= 0.3 is 0 Å². The van der Waals surface area contributed by atoms with Crippen molar-refractivity contribution in [3.8, 4) is 0 Å². The maximum Gasteiger partial charge on any atom is 0.261 e. The summed E-state index contributed by atoms with van der Waals surface area (Å²) in [6, 6.07) is 2.40. The number of likely N-dealkylation sites (N-methyl/N-ethyl adjacent to an activating group) is 1. The standard InChI is InChI=1S/C11H16FN3O3S/c1-15-5-6-18-9(8-15)7-14-19(16,17)11-10(12)3-2-4-13-11/h2-4,9,14H,5-8H2,1H3. The Hall–Kier alpha value is -1.09. The Morgan fingerprint density at radius 1 is 1.63 bits per heavy atom. The van der Waals surface area contributed by atoms with Gasteiger partial charge in [0, 0.05) is 25.8 Å². The number of sulfonamides is 1. The summed E-state index contributed by atoms with van der Waals surface area (Å²) in [5, 5.41) is -0.584. The summed E-state index contributed by atoms with van der Waals surface area (Å²) < 4.78 is 44.9. The molecule has 1 unspecified atom stereocenters. The van der Waals surface area contributed by atoms with Crippen molar-refractivity contribution >= 4 is 10.0 Å². The Labute approximate surface area is 111 Å². The Balaban J connectivity index is 2.00. The van der Waals surface area contributed by atoms with Crippen LogP contribution in [0.25, 0.3) is 0 Å². The van der Waals surface area contributed by atoms with Crippen LogP contribution in [0, 0.1) is 5.82 Å². The molecule has 0 aromatic carbocycles. The molecule has 19 heavy (non-hydrogen) atoms. The largest absolute Gasteiger partial charge is 0.374 e. The van der Waals surface area contributed by atoms with Crippen LogP contribution in [0.15, 0.2) is 23.4 Å². The predicted molar refractivity (Wildman–Crippen MR) is 66.6 cm³/mol. The molecule has 0 radical (unpaired) electrons. The Morgan fingerprint density at radius 3 is 3.11 bits per heavy atom. The van der Waals surface area contributed by atoms with E-state index in [1.54, 1.807) is 0 Å². The van der Waals surface area contributed by atoms with E-state index in [0.29, 0.717) is 13.2 Å². The van der Waals surface area contributed by atoms with Crippen molar-refractivity contribution < 1.29 is 17.5 Å². The van der Waals surface area contributed by atoms with Crippen LogP contribution in [0.4, 0.5) is 4.39 Å². The monoisotopic (exact) mass is 289 g/mol. The highest BCUT2D eigenvalue weighted by atomic mass is 32.2. The molecule has 106 valence electrons. The summed E-state index contributed by atoms with van der Waals surface area (Å²) in [7, 11) is -2.01. The highest BCUT2D eigenvalue weighted by Crippen LogP contribution is 2.10. The number of pyridine rings is 1. The van der Waals surface area contributed by atoms with Gasteiger partial charge in [-0.1, -0.05) is 0 Å². The molecule has 0 aliphatic carbocycles. The van der Waals surface area contributed by atoms with Gasteiger partial charge in [0.1, 0.15) is 0 Å². The zero-order valence-corrected chi connectivity index (χ0v) is 11.4. The Kier molecular flexibility index (Phi) is 4.46. The molecule has 1 aromatic rings. The molecule has 1 N–H and O–H groups in total. The number of rotatable bonds is 4. The fourth-order valence-electron chi connectivity index (χ4n) is 1.83. The van der Waals surface area contributed by atoms with Crippen LogP contribution < -0.4 is 4.72 Å². The SMILES string of the molecule is CN1CCOC(CNS(=O)(=O)c2ncccc2F)C1. The van der Waals surface area contributed by atoms with Crippen molar-refractivity contribution in [3.63, 3.8) is 0 Å². The van der Waals surface area contributed by atoms with Crippen molar-refractivity contribution in [3.05, 3.63) is 24.1 Å². The first-order chi connectivity index (χ1) is 8.99. The van der Waals surface area contributed by atoms with Crippen LogP contribution in [-0.4, -0.2) is 57.7 Å². The molecule has 2 heterocycles. The van der Waals surface area contributed by atoms with E-state index in [1.807, 2.05) is 11.9 Å². The lowest BCUT2D eigenvalue weighted by Crippen LogP contribution is -2.46.